The maximum atomic E-state index is 5.85. The summed E-state index contributed by atoms with van der Waals surface area (Å²) in [5.74, 6) is 0. The zero-order valence-electron chi connectivity index (χ0n) is 8.69. The molecule has 2 rings (SSSR count). The fraction of sp³-hybridized carbons (Fsp3) is 0.545. The minimum absolute atomic E-state index is 0.393. The molecule has 1 aromatic rings. The van der Waals surface area contributed by atoms with E-state index < -0.39 is 0 Å². The Balaban J connectivity index is 1.89. The lowest BCUT2D eigenvalue weighted by atomic mass is 10.1. The number of aromatic nitrogens is 1. The molecule has 0 saturated carbocycles. The number of pyridine rings is 1. The van der Waals surface area contributed by atoms with Crippen LogP contribution in [-0.2, 0) is 6.54 Å². The summed E-state index contributed by atoms with van der Waals surface area (Å²) >= 11 is 5.73. The molecule has 0 aliphatic carbocycles. The Morgan fingerprint density at radius 2 is 2.13 bits per heavy atom. The average molecular weight is 226 g/mol. The van der Waals surface area contributed by atoms with E-state index in [1.54, 1.807) is 0 Å². The highest BCUT2D eigenvalue weighted by Crippen LogP contribution is 2.13. The first kappa shape index (κ1) is 10.9. The second-order valence-corrected chi connectivity index (χ2v) is 4.49. The predicted molar refractivity (Wildman–Crippen MR) is 61.7 cm³/mol. The maximum Gasteiger partial charge on any atom is 0.129 e. The highest BCUT2D eigenvalue weighted by molar-refractivity contribution is 6.29. The molecule has 4 heteroatoms. The van der Waals surface area contributed by atoms with E-state index >= 15 is 0 Å². The first-order valence-corrected chi connectivity index (χ1v) is 5.70. The van der Waals surface area contributed by atoms with Crippen molar-refractivity contribution < 1.29 is 0 Å². The van der Waals surface area contributed by atoms with Crippen molar-refractivity contribution in [1.29, 1.82) is 0 Å². The Labute approximate surface area is 95.2 Å². The Hall–Kier alpha value is -0.640. The summed E-state index contributed by atoms with van der Waals surface area (Å²) in [6.07, 6.45) is 4.04. The zero-order chi connectivity index (χ0) is 10.7. The van der Waals surface area contributed by atoms with Gasteiger partial charge in [0, 0.05) is 18.8 Å². The molecule has 3 nitrogen and oxygen atoms in total. The van der Waals surface area contributed by atoms with Crippen molar-refractivity contribution in [2.24, 2.45) is 5.73 Å². The summed E-state index contributed by atoms with van der Waals surface area (Å²) < 4.78 is 0. The van der Waals surface area contributed by atoms with Crippen LogP contribution in [0.15, 0.2) is 18.3 Å². The molecule has 2 heterocycles. The molecule has 2 N–H and O–H groups in total. The lowest BCUT2D eigenvalue weighted by Crippen LogP contribution is -2.39. The Kier molecular flexibility index (Phi) is 3.57. The second-order valence-electron chi connectivity index (χ2n) is 4.10. The van der Waals surface area contributed by atoms with Crippen LogP contribution < -0.4 is 5.73 Å². The van der Waals surface area contributed by atoms with E-state index in [1.807, 2.05) is 18.3 Å². The van der Waals surface area contributed by atoms with Gasteiger partial charge in [-0.05, 0) is 37.6 Å². The Bertz CT molecular complexity index is 304. The van der Waals surface area contributed by atoms with Gasteiger partial charge in [-0.15, -0.1) is 0 Å². The van der Waals surface area contributed by atoms with Gasteiger partial charge in [-0.3, -0.25) is 4.90 Å². The number of piperidine rings is 1. The molecule has 0 aromatic carbocycles. The van der Waals surface area contributed by atoms with E-state index in [-0.39, 0.29) is 0 Å². The van der Waals surface area contributed by atoms with Crippen LogP contribution in [0.3, 0.4) is 0 Å². The third-order valence-corrected chi connectivity index (χ3v) is 3.05. The van der Waals surface area contributed by atoms with Crippen LogP contribution in [-0.4, -0.2) is 29.0 Å². The summed E-state index contributed by atoms with van der Waals surface area (Å²) in [5, 5.41) is 0.555. The molecule has 1 aliphatic rings. The fourth-order valence-corrected chi connectivity index (χ4v) is 1.98. The number of rotatable bonds is 2. The molecule has 0 bridgehead atoms. The quantitative estimate of drug-likeness (QED) is 0.779. The van der Waals surface area contributed by atoms with Gasteiger partial charge in [-0.1, -0.05) is 17.7 Å². The molecular formula is C11H16ClN3. The molecule has 1 saturated heterocycles. The SMILES string of the molecule is NC1CCN(Cc2ccc(Cl)nc2)CC1. The molecule has 0 spiro atoms. The fourth-order valence-electron chi connectivity index (χ4n) is 1.87. The van der Waals surface area contributed by atoms with Crippen molar-refractivity contribution in [3.8, 4) is 0 Å². The number of hydrogen-bond donors (Lipinski definition) is 1. The number of halogens is 1. The number of hydrogen-bond acceptors (Lipinski definition) is 3. The van der Waals surface area contributed by atoms with Gasteiger partial charge in [0.15, 0.2) is 0 Å². The number of nitrogens with two attached hydrogens (primary N) is 1. The van der Waals surface area contributed by atoms with Gasteiger partial charge in [0.05, 0.1) is 0 Å². The van der Waals surface area contributed by atoms with E-state index in [2.05, 4.69) is 9.88 Å². The van der Waals surface area contributed by atoms with Crippen LogP contribution in [0.25, 0.3) is 0 Å². The average Bonchev–Trinajstić information content (AvgIpc) is 2.25. The zero-order valence-corrected chi connectivity index (χ0v) is 9.45. The number of nitrogens with zero attached hydrogens (tertiary/aromatic N) is 2. The van der Waals surface area contributed by atoms with Gasteiger partial charge in [0.25, 0.3) is 0 Å². The predicted octanol–water partition coefficient (Wildman–Crippen LogP) is 1.66. The molecule has 0 atom stereocenters. The van der Waals surface area contributed by atoms with Crippen LogP contribution in [0.4, 0.5) is 0 Å². The molecule has 0 radical (unpaired) electrons. The van der Waals surface area contributed by atoms with Crippen LogP contribution in [0, 0.1) is 0 Å². The first-order valence-electron chi connectivity index (χ1n) is 5.32. The van der Waals surface area contributed by atoms with Crippen LogP contribution >= 0.6 is 11.6 Å². The standard InChI is InChI=1S/C11H16ClN3/c12-11-2-1-9(7-14-11)8-15-5-3-10(13)4-6-15/h1-2,7,10H,3-6,8,13H2. The maximum absolute atomic E-state index is 5.85. The van der Waals surface area contributed by atoms with Gasteiger partial charge >= 0.3 is 0 Å². The van der Waals surface area contributed by atoms with Crippen LogP contribution in [0.5, 0.6) is 0 Å². The smallest absolute Gasteiger partial charge is 0.129 e. The summed E-state index contributed by atoms with van der Waals surface area (Å²) in [4.78, 5) is 6.48. The first-order chi connectivity index (χ1) is 7.24. The third kappa shape index (κ3) is 3.16. The third-order valence-electron chi connectivity index (χ3n) is 2.83. The molecule has 1 aliphatic heterocycles. The monoisotopic (exact) mass is 225 g/mol. The van der Waals surface area contributed by atoms with Gasteiger partial charge in [0.1, 0.15) is 5.15 Å². The minimum Gasteiger partial charge on any atom is -0.328 e. The van der Waals surface area contributed by atoms with Crippen molar-refractivity contribution in [2.45, 2.75) is 25.4 Å². The molecule has 1 aromatic heterocycles. The van der Waals surface area contributed by atoms with Crippen molar-refractivity contribution in [1.82, 2.24) is 9.88 Å². The van der Waals surface area contributed by atoms with E-state index in [0.717, 1.165) is 32.5 Å². The van der Waals surface area contributed by atoms with E-state index in [4.69, 9.17) is 17.3 Å². The largest absolute Gasteiger partial charge is 0.328 e. The van der Waals surface area contributed by atoms with Crippen molar-refractivity contribution in [3.05, 3.63) is 29.0 Å². The summed E-state index contributed by atoms with van der Waals surface area (Å²) in [5.41, 5.74) is 7.07. The van der Waals surface area contributed by atoms with E-state index in [9.17, 15) is 0 Å². The van der Waals surface area contributed by atoms with Crippen molar-refractivity contribution in [3.63, 3.8) is 0 Å². The minimum atomic E-state index is 0.393. The molecule has 15 heavy (non-hydrogen) atoms. The van der Waals surface area contributed by atoms with Gasteiger partial charge in [0.2, 0.25) is 0 Å². The van der Waals surface area contributed by atoms with Gasteiger partial charge in [-0.25, -0.2) is 4.98 Å². The van der Waals surface area contributed by atoms with E-state index in [1.165, 1.54) is 5.56 Å². The highest BCUT2D eigenvalue weighted by Gasteiger charge is 2.15. The number of likely N-dealkylation sites (tertiary alicyclic amines) is 1. The topological polar surface area (TPSA) is 42.1 Å². The molecule has 82 valence electrons. The highest BCUT2D eigenvalue weighted by atomic mass is 35.5. The summed E-state index contributed by atoms with van der Waals surface area (Å²) in [6, 6.07) is 4.26. The molecule has 1 fully saturated rings. The Morgan fingerprint density at radius 3 is 2.73 bits per heavy atom. The lowest BCUT2D eigenvalue weighted by Gasteiger charge is -2.29. The van der Waals surface area contributed by atoms with Crippen molar-refractivity contribution >= 4 is 11.6 Å². The molecule has 0 unspecified atom stereocenters. The van der Waals surface area contributed by atoms with Gasteiger partial charge in [-0.2, -0.15) is 0 Å². The normalized spacial score (nSPS) is 19.3. The van der Waals surface area contributed by atoms with Gasteiger partial charge < -0.3 is 5.73 Å². The van der Waals surface area contributed by atoms with E-state index in [0.29, 0.717) is 11.2 Å². The van der Waals surface area contributed by atoms with Crippen LogP contribution in [0.1, 0.15) is 18.4 Å². The Morgan fingerprint density at radius 1 is 1.40 bits per heavy atom. The van der Waals surface area contributed by atoms with Crippen LogP contribution in [0.2, 0.25) is 5.15 Å². The molecular weight excluding hydrogens is 210 g/mol. The molecule has 0 amide bonds. The lowest BCUT2D eigenvalue weighted by molar-refractivity contribution is 0.205. The second kappa shape index (κ2) is 4.92. The summed E-state index contributed by atoms with van der Waals surface area (Å²) in [6.45, 7) is 3.13. The van der Waals surface area contributed by atoms with Crippen molar-refractivity contribution in [2.75, 3.05) is 13.1 Å². The summed E-state index contributed by atoms with van der Waals surface area (Å²) in [7, 11) is 0.